The molecule has 7 heteroatoms. The van der Waals surface area contributed by atoms with Gasteiger partial charge in [-0.25, -0.2) is 4.98 Å². The summed E-state index contributed by atoms with van der Waals surface area (Å²) >= 11 is 1.24. The molecule has 1 N–H and O–H groups in total. The molecular formula is C19H31N3O3S. The van der Waals surface area contributed by atoms with E-state index < -0.39 is 0 Å². The number of ether oxygens (including phenoxy) is 2. The third kappa shape index (κ3) is 6.29. The van der Waals surface area contributed by atoms with Crippen LogP contribution in [0.4, 0.5) is 0 Å². The molecule has 2 heterocycles. The zero-order valence-corrected chi connectivity index (χ0v) is 17.3. The lowest BCUT2D eigenvalue weighted by molar-refractivity contribution is 0.0943. The van der Waals surface area contributed by atoms with Crippen LogP contribution in [0.1, 0.15) is 63.6 Å². The van der Waals surface area contributed by atoms with E-state index >= 15 is 0 Å². The summed E-state index contributed by atoms with van der Waals surface area (Å²) in [6.07, 6.45) is 6.44. The van der Waals surface area contributed by atoms with Crippen LogP contribution in [0.15, 0.2) is 18.2 Å². The quantitative estimate of drug-likeness (QED) is 0.544. The van der Waals surface area contributed by atoms with E-state index in [0.717, 1.165) is 18.6 Å². The number of aromatic nitrogens is 1. The van der Waals surface area contributed by atoms with Crippen molar-refractivity contribution < 1.29 is 14.3 Å². The van der Waals surface area contributed by atoms with Crippen LogP contribution in [0.3, 0.4) is 0 Å². The van der Waals surface area contributed by atoms with Gasteiger partial charge < -0.3 is 14.8 Å². The van der Waals surface area contributed by atoms with Gasteiger partial charge in [0.15, 0.2) is 0 Å². The van der Waals surface area contributed by atoms with Gasteiger partial charge in [0.2, 0.25) is 0 Å². The lowest BCUT2D eigenvalue weighted by Crippen LogP contribution is -2.39. The molecule has 1 fully saturated rings. The topological polar surface area (TPSA) is 63.7 Å². The van der Waals surface area contributed by atoms with E-state index in [-0.39, 0.29) is 11.4 Å². The van der Waals surface area contributed by atoms with Crippen LogP contribution < -0.4 is 10.1 Å². The molecule has 0 spiro atoms. The third-order valence-electron chi connectivity index (χ3n) is 4.56. The van der Waals surface area contributed by atoms with Crippen molar-refractivity contribution in [2.75, 3.05) is 19.8 Å². The van der Waals surface area contributed by atoms with Gasteiger partial charge in [-0.05, 0) is 39.5 Å². The average Bonchev–Trinajstić information content (AvgIpc) is 3.25. The van der Waals surface area contributed by atoms with Crippen LogP contribution in [0.2, 0.25) is 0 Å². The van der Waals surface area contributed by atoms with Crippen molar-refractivity contribution in [2.45, 2.75) is 59.4 Å². The summed E-state index contributed by atoms with van der Waals surface area (Å²) in [4.78, 5) is 19.1. The van der Waals surface area contributed by atoms with E-state index in [2.05, 4.69) is 49.8 Å². The normalized spacial score (nSPS) is 18.0. The predicted octanol–water partition coefficient (Wildman–Crippen LogP) is 4.01. The predicted molar refractivity (Wildman–Crippen MR) is 104 cm³/mol. The molecule has 0 aliphatic carbocycles. The Kier molecular flexibility index (Phi) is 7.46. The van der Waals surface area contributed by atoms with Crippen molar-refractivity contribution in [2.24, 2.45) is 5.92 Å². The lowest BCUT2D eigenvalue weighted by atomic mass is 10.0. The van der Waals surface area contributed by atoms with E-state index in [1.54, 1.807) is 12.5 Å². The fourth-order valence-corrected chi connectivity index (χ4v) is 3.08. The Morgan fingerprint density at radius 3 is 2.96 bits per heavy atom. The molecule has 1 atom stereocenters. The first-order chi connectivity index (χ1) is 12.3. The van der Waals surface area contributed by atoms with Crippen LogP contribution >= 0.6 is 11.3 Å². The molecule has 146 valence electrons. The molecule has 1 saturated heterocycles. The number of amides is 1. The van der Waals surface area contributed by atoms with Crippen molar-refractivity contribution >= 4 is 17.2 Å². The van der Waals surface area contributed by atoms with Gasteiger partial charge in [-0.15, -0.1) is 0 Å². The summed E-state index contributed by atoms with van der Waals surface area (Å²) in [5.41, 5.74) is 0.0525. The highest BCUT2D eigenvalue weighted by Crippen LogP contribution is 2.24. The van der Waals surface area contributed by atoms with Gasteiger partial charge in [-0.1, -0.05) is 31.6 Å². The second kappa shape index (κ2) is 9.37. The van der Waals surface area contributed by atoms with Crippen molar-refractivity contribution in [3.8, 4) is 5.19 Å². The minimum absolute atomic E-state index is 0.0525. The van der Waals surface area contributed by atoms with E-state index in [0.29, 0.717) is 35.8 Å². The third-order valence-corrected chi connectivity index (χ3v) is 5.44. The largest absolute Gasteiger partial charge is 0.478 e. The van der Waals surface area contributed by atoms with Crippen LogP contribution in [0.5, 0.6) is 5.19 Å². The second-order valence-electron chi connectivity index (χ2n) is 7.75. The Morgan fingerprint density at radius 1 is 1.54 bits per heavy atom. The molecule has 0 radical (unpaired) electrons. The summed E-state index contributed by atoms with van der Waals surface area (Å²) < 4.78 is 11.2. The first kappa shape index (κ1) is 20.7. The second-order valence-corrected chi connectivity index (χ2v) is 8.74. The Balaban J connectivity index is 1.77. The fourth-order valence-electron chi connectivity index (χ4n) is 2.42. The number of nitrogens with zero attached hydrogens (tertiary/aromatic N) is 2. The highest BCUT2D eigenvalue weighted by Gasteiger charge is 2.28. The highest BCUT2D eigenvalue weighted by molar-refractivity contribution is 7.15. The number of carbonyl (C=O) groups excluding carboxylic acids is 1. The van der Waals surface area contributed by atoms with Gasteiger partial charge in [0, 0.05) is 12.1 Å². The van der Waals surface area contributed by atoms with Gasteiger partial charge in [0.1, 0.15) is 23.6 Å². The summed E-state index contributed by atoms with van der Waals surface area (Å²) in [5.74, 6) is 1.38. The number of rotatable bonds is 8. The van der Waals surface area contributed by atoms with Crippen LogP contribution in [0, 0.1) is 5.92 Å². The number of carbonyl (C=O) groups is 1. The summed E-state index contributed by atoms with van der Waals surface area (Å²) in [6.45, 7) is 12.8. The summed E-state index contributed by atoms with van der Waals surface area (Å²) in [7, 11) is 0. The molecule has 26 heavy (non-hydrogen) atoms. The molecule has 1 aliphatic rings. The molecule has 0 bridgehead atoms. The smallest absolute Gasteiger partial charge is 0.278 e. The monoisotopic (exact) mass is 381 g/mol. The molecular weight excluding hydrogens is 350 g/mol. The van der Waals surface area contributed by atoms with Crippen molar-refractivity contribution in [3.05, 3.63) is 23.1 Å². The summed E-state index contributed by atoms with van der Waals surface area (Å²) in [6, 6.07) is 0. The SMILES string of the molecule is CCC(C)CCCNC(=O)c1cnc(OC=C2CN(C(C)(C)C)CO2)s1. The van der Waals surface area contributed by atoms with Crippen molar-refractivity contribution in [1.82, 2.24) is 15.2 Å². The van der Waals surface area contributed by atoms with E-state index in [9.17, 15) is 4.79 Å². The number of nitrogens with one attached hydrogen (secondary N) is 1. The van der Waals surface area contributed by atoms with Crippen LogP contribution in [-0.2, 0) is 4.74 Å². The van der Waals surface area contributed by atoms with Crippen LogP contribution in [0.25, 0.3) is 0 Å². The average molecular weight is 382 g/mol. The minimum atomic E-state index is -0.0924. The molecule has 6 nitrogen and oxygen atoms in total. The fraction of sp³-hybridized carbons (Fsp3) is 0.684. The maximum absolute atomic E-state index is 12.1. The first-order valence-electron chi connectivity index (χ1n) is 9.27. The van der Waals surface area contributed by atoms with E-state index in [1.165, 1.54) is 17.8 Å². The van der Waals surface area contributed by atoms with Crippen LogP contribution in [-0.4, -0.2) is 41.2 Å². The number of hydrogen-bond donors (Lipinski definition) is 1. The molecule has 0 aromatic carbocycles. The number of hydrogen-bond acceptors (Lipinski definition) is 6. The van der Waals surface area contributed by atoms with Gasteiger partial charge in [-0.3, -0.25) is 9.69 Å². The van der Waals surface area contributed by atoms with E-state index in [4.69, 9.17) is 9.47 Å². The van der Waals surface area contributed by atoms with Gasteiger partial charge in [0.05, 0.1) is 12.7 Å². The molecule has 1 aromatic rings. The molecule has 1 aromatic heterocycles. The van der Waals surface area contributed by atoms with Crippen molar-refractivity contribution in [3.63, 3.8) is 0 Å². The molecule has 0 saturated carbocycles. The molecule has 1 aliphatic heterocycles. The standard InChI is InChI=1S/C19H31N3O3S/c1-6-14(2)8-7-9-20-17(23)16-10-21-18(26-16)24-12-15-11-22(13-25-15)19(3,4)5/h10,12,14H,6-9,11,13H2,1-5H3,(H,20,23). The Hall–Kier alpha value is -1.60. The van der Waals surface area contributed by atoms with E-state index in [1.807, 2.05) is 0 Å². The Morgan fingerprint density at radius 2 is 2.31 bits per heavy atom. The van der Waals surface area contributed by atoms with Gasteiger partial charge in [-0.2, -0.15) is 0 Å². The van der Waals surface area contributed by atoms with Crippen molar-refractivity contribution in [1.29, 1.82) is 0 Å². The van der Waals surface area contributed by atoms with Gasteiger partial charge in [0.25, 0.3) is 11.1 Å². The van der Waals surface area contributed by atoms with Gasteiger partial charge >= 0.3 is 0 Å². The number of thiazole rings is 1. The Labute approximate surface area is 160 Å². The first-order valence-corrected chi connectivity index (χ1v) is 10.1. The Bertz CT molecular complexity index is 622. The molecule has 1 amide bonds. The molecule has 2 rings (SSSR count). The highest BCUT2D eigenvalue weighted by atomic mass is 32.1. The molecule has 1 unspecified atom stereocenters. The lowest BCUT2D eigenvalue weighted by Gasteiger charge is -2.28. The minimum Gasteiger partial charge on any atom is -0.478 e. The zero-order valence-electron chi connectivity index (χ0n) is 16.5. The maximum Gasteiger partial charge on any atom is 0.278 e. The maximum atomic E-state index is 12.1. The zero-order chi connectivity index (χ0) is 19.2. The summed E-state index contributed by atoms with van der Waals surface area (Å²) in [5, 5.41) is 3.39.